The number of halogens is 2. The second kappa shape index (κ2) is 6.17. The summed E-state index contributed by atoms with van der Waals surface area (Å²) >= 11 is 8.35. The Bertz CT molecular complexity index is 576. The van der Waals surface area contributed by atoms with E-state index in [1.54, 1.807) is 0 Å². The minimum atomic E-state index is -0.653. The van der Waals surface area contributed by atoms with E-state index in [-0.39, 0.29) is 5.91 Å². The van der Waals surface area contributed by atoms with Gasteiger partial charge in [0.25, 0.3) is 0 Å². The molecular formula is C13H12Br2N2OS. The zero-order valence-corrected chi connectivity index (χ0v) is 14.1. The maximum Gasteiger partial charge on any atom is 0.246 e. The first kappa shape index (κ1) is 14.7. The number of thiophene rings is 1. The quantitative estimate of drug-likeness (QED) is 0.805. The van der Waals surface area contributed by atoms with Crippen molar-refractivity contribution in [1.29, 1.82) is 0 Å². The number of carbonyl (C=O) groups excluding carboxylic acids is 1. The Balaban J connectivity index is 2.20. The van der Waals surface area contributed by atoms with Gasteiger partial charge in [0.15, 0.2) is 0 Å². The maximum absolute atomic E-state index is 12.1. The van der Waals surface area contributed by atoms with Crippen LogP contribution in [0.25, 0.3) is 0 Å². The highest BCUT2D eigenvalue weighted by molar-refractivity contribution is 9.11. The third-order valence-corrected chi connectivity index (χ3v) is 4.77. The second-order valence-electron chi connectivity index (χ2n) is 4.09. The molecule has 1 unspecified atom stereocenters. The summed E-state index contributed by atoms with van der Waals surface area (Å²) in [5.41, 5.74) is 7.72. The molecule has 0 spiro atoms. The largest absolute Gasteiger partial charge is 0.322 e. The van der Waals surface area contributed by atoms with Crippen molar-refractivity contribution in [3.8, 4) is 0 Å². The van der Waals surface area contributed by atoms with Crippen LogP contribution in [0.15, 0.2) is 38.6 Å². The van der Waals surface area contributed by atoms with Gasteiger partial charge in [-0.2, -0.15) is 0 Å². The van der Waals surface area contributed by atoms with Crippen LogP contribution in [0.4, 0.5) is 5.69 Å². The standard InChI is InChI=1S/C13H12Br2N2OS/c1-7-5-8(14)12(9(15)6-7)17-13(18)11(16)10-3-2-4-19-10/h2-6,11H,16H2,1H3,(H,17,18). The fraction of sp³-hybridized carbons (Fsp3) is 0.154. The Kier molecular flexibility index (Phi) is 4.78. The van der Waals surface area contributed by atoms with E-state index < -0.39 is 6.04 Å². The summed E-state index contributed by atoms with van der Waals surface area (Å²) < 4.78 is 1.65. The Hall–Kier alpha value is -0.690. The predicted molar refractivity (Wildman–Crippen MR) is 86.5 cm³/mol. The molecule has 0 aliphatic heterocycles. The van der Waals surface area contributed by atoms with Crippen molar-refractivity contribution in [2.45, 2.75) is 13.0 Å². The van der Waals surface area contributed by atoms with Crippen molar-refractivity contribution in [2.24, 2.45) is 5.73 Å². The summed E-state index contributed by atoms with van der Waals surface area (Å²) in [5.74, 6) is -0.229. The Morgan fingerprint density at radius 3 is 2.53 bits per heavy atom. The van der Waals surface area contributed by atoms with Gasteiger partial charge in [0.2, 0.25) is 5.91 Å². The smallest absolute Gasteiger partial charge is 0.246 e. The maximum atomic E-state index is 12.1. The summed E-state index contributed by atoms with van der Waals surface area (Å²) in [6.07, 6.45) is 0. The van der Waals surface area contributed by atoms with Gasteiger partial charge >= 0.3 is 0 Å². The van der Waals surface area contributed by atoms with Crippen LogP contribution in [-0.2, 0) is 4.79 Å². The first-order valence-electron chi connectivity index (χ1n) is 5.54. The molecule has 1 amide bonds. The predicted octanol–water partition coefficient (Wildman–Crippen LogP) is 4.22. The first-order valence-corrected chi connectivity index (χ1v) is 8.01. The normalized spacial score (nSPS) is 12.2. The van der Waals surface area contributed by atoms with Crippen molar-refractivity contribution in [1.82, 2.24) is 0 Å². The van der Waals surface area contributed by atoms with Gasteiger partial charge in [-0.15, -0.1) is 11.3 Å². The van der Waals surface area contributed by atoms with E-state index >= 15 is 0 Å². The summed E-state index contributed by atoms with van der Waals surface area (Å²) in [5, 5.41) is 4.75. The molecule has 0 fully saturated rings. The zero-order valence-electron chi connectivity index (χ0n) is 10.1. The lowest BCUT2D eigenvalue weighted by molar-refractivity contribution is -0.117. The molecule has 1 atom stereocenters. The van der Waals surface area contributed by atoms with Gasteiger partial charge < -0.3 is 11.1 Å². The Morgan fingerprint density at radius 1 is 1.37 bits per heavy atom. The highest BCUT2D eigenvalue weighted by Gasteiger charge is 2.19. The molecule has 0 saturated carbocycles. The monoisotopic (exact) mass is 402 g/mol. The van der Waals surface area contributed by atoms with E-state index in [1.807, 2.05) is 36.6 Å². The molecule has 1 aromatic heterocycles. The number of nitrogens with one attached hydrogen (secondary N) is 1. The van der Waals surface area contributed by atoms with Crippen molar-refractivity contribution < 1.29 is 4.79 Å². The summed E-state index contributed by atoms with van der Waals surface area (Å²) in [7, 11) is 0. The van der Waals surface area contributed by atoms with Crippen LogP contribution in [-0.4, -0.2) is 5.91 Å². The number of aryl methyl sites for hydroxylation is 1. The SMILES string of the molecule is Cc1cc(Br)c(NC(=O)C(N)c2cccs2)c(Br)c1. The average molecular weight is 404 g/mol. The van der Waals surface area contributed by atoms with Crippen LogP contribution < -0.4 is 11.1 Å². The van der Waals surface area contributed by atoms with Gasteiger partial charge in [-0.3, -0.25) is 4.79 Å². The van der Waals surface area contributed by atoms with E-state index in [4.69, 9.17) is 5.73 Å². The highest BCUT2D eigenvalue weighted by atomic mass is 79.9. The molecule has 0 bridgehead atoms. The van der Waals surface area contributed by atoms with Crippen molar-refractivity contribution in [3.05, 3.63) is 49.0 Å². The molecule has 0 aliphatic carbocycles. The molecule has 0 saturated heterocycles. The fourth-order valence-electron chi connectivity index (χ4n) is 1.62. The van der Waals surface area contributed by atoms with Crippen LogP contribution in [0.5, 0.6) is 0 Å². The number of hydrogen-bond donors (Lipinski definition) is 2. The molecule has 100 valence electrons. The van der Waals surface area contributed by atoms with Gasteiger partial charge in [-0.05, 0) is 67.9 Å². The molecular weight excluding hydrogens is 392 g/mol. The Labute approximate surface area is 132 Å². The number of amides is 1. The number of nitrogens with two attached hydrogens (primary N) is 1. The lowest BCUT2D eigenvalue weighted by Gasteiger charge is -2.14. The van der Waals surface area contributed by atoms with Crippen molar-refractivity contribution in [3.63, 3.8) is 0 Å². The third kappa shape index (κ3) is 3.45. The summed E-state index contributed by atoms with van der Waals surface area (Å²) in [4.78, 5) is 13.0. The first-order chi connectivity index (χ1) is 8.99. The van der Waals surface area contributed by atoms with Gasteiger partial charge in [-0.25, -0.2) is 0 Å². The molecule has 3 N–H and O–H groups in total. The van der Waals surface area contributed by atoms with E-state index in [2.05, 4.69) is 37.2 Å². The van der Waals surface area contributed by atoms with E-state index in [0.29, 0.717) is 5.69 Å². The molecule has 1 heterocycles. The lowest BCUT2D eigenvalue weighted by Crippen LogP contribution is -2.27. The molecule has 2 aromatic rings. The number of hydrogen-bond acceptors (Lipinski definition) is 3. The molecule has 2 rings (SSSR count). The molecule has 1 aromatic carbocycles. The van der Waals surface area contributed by atoms with Crippen LogP contribution in [0.3, 0.4) is 0 Å². The van der Waals surface area contributed by atoms with E-state index in [0.717, 1.165) is 19.4 Å². The summed E-state index contributed by atoms with van der Waals surface area (Å²) in [6.45, 7) is 1.98. The molecule has 6 heteroatoms. The number of benzene rings is 1. The van der Waals surface area contributed by atoms with Crippen LogP contribution >= 0.6 is 43.2 Å². The van der Waals surface area contributed by atoms with Crippen molar-refractivity contribution in [2.75, 3.05) is 5.32 Å². The average Bonchev–Trinajstić information content (AvgIpc) is 2.86. The second-order valence-corrected chi connectivity index (χ2v) is 6.77. The molecule has 3 nitrogen and oxygen atoms in total. The summed E-state index contributed by atoms with van der Waals surface area (Å²) in [6, 6.07) is 6.97. The highest BCUT2D eigenvalue weighted by Crippen LogP contribution is 2.33. The number of rotatable bonds is 3. The number of anilines is 1. The molecule has 0 radical (unpaired) electrons. The van der Waals surface area contributed by atoms with Crippen LogP contribution in [0, 0.1) is 6.92 Å². The van der Waals surface area contributed by atoms with E-state index in [9.17, 15) is 4.79 Å². The number of carbonyl (C=O) groups is 1. The van der Waals surface area contributed by atoms with Gasteiger partial charge in [-0.1, -0.05) is 6.07 Å². The third-order valence-electron chi connectivity index (χ3n) is 2.57. The minimum Gasteiger partial charge on any atom is -0.322 e. The van der Waals surface area contributed by atoms with Crippen LogP contribution in [0.2, 0.25) is 0 Å². The van der Waals surface area contributed by atoms with Gasteiger partial charge in [0.05, 0.1) is 5.69 Å². The van der Waals surface area contributed by atoms with E-state index in [1.165, 1.54) is 11.3 Å². The van der Waals surface area contributed by atoms with Crippen molar-refractivity contribution >= 4 is 54.8 Å². The zero-order chi connectivity index (χ0) is 14.0. The van der Waals surface area contributed by atoms with Gasteiger partial charge in [0.1, 0.15) is 6.04 Å². The molecule has 19 heavy (non-hydrogen) atoms. The fourth-order valence-corrected chi connectivity index (χ4v) is 3.96. The Morgan fingerprint density at radius 2 is 2.00 bits per heavy atom. The molecule has 0 aliphatic rings. The van der Waals surface area contributed by atoms with Crippen LogP contribution in [0.1, 0.15) is 16.5 Å². The topological polar surface area (TPSA) is 55.1 Å². The lowest BCUT2D eigenvalue weighted by atomic mass is 10.2. The minimum absolute atomic E-state index is 0.229. The van der Waals surface area contributed by atoms with Gasteiger partial charge in [0, 0.05) is 13.8 Å².